The van der Waals surface area contributed by atoms with Crippen LogP contribution in [0, 0.1) is 0 Å². The lowest BCUT2D eigenvalue weighted by molar-refractivity contribution is 0.0950. The highest BCUT2D eigenvalue weighted by Gasteiger charge is 2.06. The molecule has 0 spiro atoms. The summed E-state index contributed by atoms with van der Waals surface area (Å²) in [7, 11) is 1.53. The topological polar surface area (TPSA) is 79.9 Å². The Balaban J connectivity index is 1.95. The molecule has 1 amide bonds. The van der Waals surface area contributed by atoms with E-state index in [1.807, 2.05) is 0 Å². The van der Waals surface area contributed by atoms with Crippen LogP contribution in [-0.4, -0.2) is 28.2 Å². The monoisotopic (exact) mass is 232 g/mol. The van der Waals surface area contributed by atoms with E-state index in [9.17, 15) is 4.79 Å². The quantitative estimate of drug-likeness (QED) is 0.815. The Kier molecular flexibility index (Phi) is 3.34. The van der Waals surface area contributed by atoms with Gasteiger partial charge in [-0.3, -0.25) is 9.89 Å². The highest BCUT2D eigenvalue weighted by molar-refractivity contribution is 5.93. The fourth-order valence-corrected chi connectivity index (χ4v) is 1.30. The van der Waals surface area contributed by atoms with Crippen molar-refractivity contribution in [2.75, 3.05) is 7.11 Å². The van der Waals surface area contributed by atoms with E-state index in [0.717, 1.165) is 5.69 Å². The lowest BCUT2D eigenvalue weighted by Gasteiger charge is -2.04. The van der Waals surface area contributed by atoms with Crippen LogP contribution < -0.4 is 10.1 Å². The molecule has 2 N–H and O–H groups in total. The summed E-state index contributed by atoms with van der Waals surface area (Å²) in [6.07, 6.45) is 3.11. The standard InChI is InChI=1S/C11H12N4O2/c1-17-10-3-2-8(6-12-10)11(16)13-7-9-4-5-14-15-9/h2-6H,7H2,1H3,(H,13,16)(H,14,15). The average Bonchev–Trinajstić information content (AvgIpc) is 2.89. The third-order valence-electron chi connectivity index (χ3n) is 2.21. The van der Waals surface area contributed by atoms with Crippen molar-refractivity contribution in [2.24, 2.45) is 0 Å². The van der Waals surface area contributed by atoms with Crippen molar-refractivity contribution in [2.45, 2.75) is 6.54 Å². The van der Waals surface area contributed by atoms with Crippen LogP contribution in [0.15, 0.2) is 30.6 Å². The van der Waals surface area contributed by atoms with Gasteiger partial charge in [0, 0.05) is 18.5 Å². The fraction of sp³-hybridized carbons (Fsp3) is 0.182. The van der Waals surface area contributed by atoms with Crippen LogP contribution in [0.1, 0.15) is 16.1 Å². The first kappa shape index (κ1) is 11.1. The Hall–Kier alpha value is -2.37. The molecular weight excluding hydrogens is 220 g/mol. The molecule has 6 nitrogen and oxygen atoms in total. The first-order valence-electron chi connectivity index (χ1n) is 5.06. The highest BCUT2D eigenvalue weighted by atomic mass is 16.5. The van der Waals surface area contributed by atoms with Crippen molar-refractivity contribution in [1.29, 1.82) is 0 Å². The highest BCUT2D eigenvalue weighted by Crippen LogP contribution is 2.06. The van der Waals surface area contributed by atoms with E-state index in [0.29, 0.717) is 18.0 Å². The fourth-order valence-electron chi connectivity index (χ4n) is 1.30. The maximum Gasteiger partial charge on any atom is 0.253 e. The van der Waals surface area contributed by atoms with Gasteiger partial charge in [-0.2, -0.15) is 5.10 Å². The molecule has 0 bridgehead atoms. The van der Waals surface area contributed by atoms with E-state index >= 15 is 0 Å². The molecule has 0 unspecified atom stereocenters. The molecule has 2 aromatic rings. The third kappa shape index (κ3) is 2.81. The lowest BCUT2D eigenvalue weighted by atomic mass is 10.2. The molecule has 0 aromatic carbocycles. The van der Waals surface area contributed by atoms with Crippen molar-refractivity contribution < 1.29 is 9.53 Å². The maximum atomic E-state index is 11.7. The number of amides is 1. The van der Waals surface area contributed by atoms with Crippen LogP contribution >= 0.6 is 0 Å². The smallest absolute Gasteiger partial charge is 0.253 e. The number of carbonyl (C=O) groups is 1. The van der Waals surface area contributed by atoms with Crippen molar-refractivity contribution in [3.63, 3.8) is 0 Å². The minimum atomic E-state index is -0.185. The Labute approximate surface area is 98.0 Å². The van der Waals surface area contributed by atoms with E-state index in [1.54, 1.807) is 24.4 Å². The predicted molar refractivity (Wildman–Crippen MR) is 60.5 cm³/mol. The molecule has 0 fully saturated rings. The van der Waals surface area contributed by atoms with Gasteiger partial charge < -0.3 is 10.1 Å². The molecule has 0 saturated heterocycles. The molecule has 6 heteroatoms. The summed E-state index contributed by atoms with van der Waals surface area (Å²) in [4.78, 5) is 15.7. The second kappa shape index (κ2) is 5.11. The molecule has 88 valence electrons. The van der Waals surface area contributed by atoms with Crippen molar-refractivity contribution >= 4 is 5.91 Å². The summed E-state index contributed by atoms with van der Waals surface area (Å²) in [5, 5.41) is 9.30. The van der Waals surface area contributed by atoms with E-state index in [-0.39, 0.29) is 5.91 Å². The number of hydrogen-bond donors (Lipinski definition) is 2. The van der Waals surface area contributed by atoms with E-state index in [4.69, 9.17) is 4.74 Å². The zero-order valence-electron chi connectivity index (χ0n) is 9.30. The number of hydrogen-bond acceptors (Lipinski definition) is 4. The Bertz CT molecular complexity index is 479. The second-order valence-corrected chi connectivity index (χ2v) is 3.35. The summed E-state index contributed by atoms with van der Waals surface area (Å²) < 4.78 is 4.91. The van der Waals surface area contributed by atoms with Gasteiger partial charge in [0.2, 0.25) is 5.88 Å². The molecule has 0 atom stereocenters. The second-order valence-electron chi connectivity index (χ2n) is 3.35. The average molecular weight is 232 g/mol. The number of carbonyl (C=O) groups excluding carboxylic acids is 1. The first-order valence-corrected chi connectivity index (χ1v) is 5.06. The normalized spacial score (nSPS) is 9.94. The van der Waals surface area contributed by atoms with Crippen molar-refractivity contribution in [1.82, 2.24) is 20.5 Å². The molecule has 2 aromatic heterocycles. The van der Waals surface area contributed by atoms with Gasteiger partial charge in [-0.05, 0) is 12.1 Å². The summed E-state index contributed by atoms with van der Waals surface area (Å²) >= 11 is 0. The molecular formula is C11H12N4O2. The van der Waals surface area contributed by atoms with Crippen LogP contribution in [0.2, 0.25) is 0 Å². The number of methoxy groups -OCH3 is 1. The van der Waals surface area contributed by atoms with Gasteiger partial charge in [-0.1, -0.05) is 0 Å². The largest absolute Gasteiger partial charge is 0.481 e. The number of nitrogens with one attached hydrogen (secondary N) is 2. The van der Waals surface area contributed by atoms with Crippen LogP contribution in [-0.2, 0) is 6.54 Å². The van der Waals surface area contributed by atoms with Crippen LogP contribution in [0.5, 0.6) is 5.88 Å². The Morgan fingerprint density at radius 1 is 1.47 bits per heavy atom. The number of ether oxygens (including phenoxy) is 1. The van der Waals surface area contributed by atoms with Gasteiger partial charge in [-0.25, -0.2) is 4.98 Å². The number of pyridine rings is 1. The number of aromatic nitrogens is 3. The molecule has 0 radical (unpaired) electrons. The molecule has 0 aliphatic rings. The summed E-state index contributed by atoms with van der Waals surface area (Å²) in [5.41, 5.74) is 1.34. The molecule has 0 aliphatic heterocycles. The predicted octanol–water partition coefficient (Wildman–Crippen LogP) is 0.743. The lowest BCUT2D eigenvalue weighted by Crippen LogP contribution is -2.23. The zero-order valence-corrected chi connectivity index (χ0v) is 9.30. The van der Waals surface area contributed by atoms with Gasteiger partial charge in [0.1, 0.15) is 0 Å². The zero-order chi connectivity index (χ0) is 12.1. The van der Waals surface area contributed by atoms with Crippen LogP contribution in [0.3, 0.4) is 0 Å². The van der Waals surface area contributed by atoms with Crippen molar-refractivity contribution in [3.8, 4) is 5.88 Å². The van der Waals surface area contributed by atoms with Gasteiger partial charge in [0.15, 0.2) is 0 Å². The molecule has 2 rings (SSSR count). The van der Waals surface area contributed by atoms with E-state index in [1.165, 1.54) is 13.3 Å². The van der Waals surface area contributed by atoms with Crippen molar-refractivity contribution in [3.05, 3.63) is 41.9 Å². The summed E-state index contributed by atoms with van der Waals surface area (Å²) in [6, 6.07) is 5.10. The minimum Gasteiger partial charge on any atom is -0.481 e. The van der Waals surface area contributed by atoms with Gasteiger partial charge >= 0.3 is 0 Å². The summed E-state index contributed by atoms with van der Waals surface area (Å²) in [6.45, 7) is 0.408. The van der Waals surface area contributed by atoms with Gasteiger partial charge in [-0.15, -0.1) is 0 Å². The molecule has 0 saturated carbocycles. The molecule has 2 heterocycles. The van der Waals surface area contributed by atoms with Gasteiger partial charge in [0.25, 0.3) is 5.91 Å². The van der Waals surface area contributed by atoms with E-state index < -0.39 is 0 Å². The van der Waals surface area contributed by atoms with E-state index in [2.05, 4.69) is 20.5 Å². The molecule has 0 aliphatic carbocycles. The Morgan fingerprint density at radius 2 is 2.35 bits per heavy atom. The number of nitrogens with zero attached hydrogens (tertiary/aromatic N) is 2. The first-order chi connectivity index (χ1) is 8.29. The summed E-state index contributed by atoms with van der Waals surface area (Å²) in [5.74, 6) is 0.296. The van der Waals surface area contributed by atoms with Crippen LogP contribution in [0.25, 0.3) is 0 Å². The number of rotatable bonds is 4. The Morgan fingerprint density at radius 3 is 2.94 bits per heavy atom. The van der Waals surface area contributed by atoms with Gasteiger partial charge in [0.05, 0.1) is 24.9 Å². The van der Waals surface area contributed by atoms with Crippen LogP contribution in [0.4, 0.5) is 0 Å². The maximum absolute atomic E-state index is 11.7. The number of H-pyrrole nitrogens is 1. The number of aromatic amines is 1. The minimum absolute atomic E-state index is 0.185. The molecule has 17 heavy (non-hydrogen) atoms. The SMILES string of the molecule is COc1ccc(C(=O)NCc2ccn[nH]2)cn1. The third-order valence-corrected chi connectivity index (χ3v) is 2.21.